The van der Waals surface area contributed by atoms with Gasteiger partial charge in [-0.1, -0.05) is 0 Å². The van der Waals surface area contributed by atoms with E-state index in [2.05, 4.69) is 0 Å². The molecule has 7 unspecified atom stereocenters. The molecule has 9 N–H and O–H groups in total. The predicted octanol–water partition coefficient (Wildman–Crippen LogP) is -6.03. The number of carboxylic acids is 1. The quantitative estimate of drug-likeness (QED) is 0.178. The van der Waals surface area contributed by atoms with Crippen molar-refractivity contribution in [3.63, 3.8) is 0 Å². The average molecular weight is 344 g/mol. The summed E-state index contributed by atoms with van der Waals surface area (Å²) < 4.78 is 0. The largest absolute Gasteiger partial charge is 0.479 e. The molecule has 0 heterocycles. The van der Waals surface area contributed by atoms with Crippen LogP contribution >= 0.6 is 0 Å². The lowest BCUT2D eigenvalue weighted by atomic mass is 10.0. The van der Waals surface area contributed by atoms with Crippen LogP contribution < -0.4 is 0 Å². The van der Waals surface area contributed by atoms with Crippen molar-refractivity contribution in [3.8, 4) is 0 Å². The molecule has 0 aliphatic carbocycles. The molecule has 136 valence electrons. The molecule has 0 saturated carbocycles. The van der Waals surface area contributed by atoms with Crippen molar-refractivity contribution in [1.82, 2.24) is 0 Å². The van der Waals surface area contributed by atoms with Crippen LogP contribution in [0.2, 0.25) is 0 Å². The number of carboxylic acid groups (broad SMARTS) is 1. The van der Waals surface area contributed by atoms with E-state index in [1.807, 2.05) is 0 Å². The van der Waals surface area contributed by atoms with E-state index in [9.17, 15) is 14.4 Å². The summed E-state index contributed by atoms with van der Waals surface area (Å²) in [6, 6.07) is 0. The number of aliphatic carboxylic acids is 1. The zero-order valence-electron chi connectivity index (χ0n) is 11.7. The summed E-state index contributed by atoms with van der Waals surface area (Å²) in [5, 5.41) is 77.2. The fraction of sp³-hybridized carbons (Fsp3) is 0.727. The monoisotopic (exact) mass is 344 g/mol. The first kappa shape index (κ1) is 23.8. The molecule has 0 rings (SSSR count). The lowest BCUT2D eigenvalue weighted by Crippen LogP contribution is -2.48. The van der Waals surface area contributed by atoms with Crippen LogP contribution in [0.15, 0.2) is 0 Å². The molecule has 23 heavy (non-hydrogen) atoms. The summed E-state index contributed by atoms with van der Waals surface area (Å²) in [5.74, 6) is -1.76. The smallest absolute Gasteiger partial charge is 0.335 e. The van der Waals surface area contributed by atoms with Crippen LogP contribution in [-0.4, -0.2) is 114 Å². The molecular formula is C11H20O12. The highest BCUT2D eigenvalue weighted by Crippen LogP contribution is 2.03. The zero-order chi connectivity index (χ0) is 18.7. The molecule has 0 fully saturated rings. The second kappa shape index (κ2) is 12.0. The average Bonchev–Trinajstić information content (AvgIpc) is 2.56. The highest BCUT2D eigenvalue weighted by Gasteiger charge is 2.34. The van der Waals surface area contributed by atoms with Gasteiger partial charge in [0.05, 0.1) is 6.61 Å². The molecule has 7 atom stereocenters. The van der Waals surface area contributed by atoms with Gasteiger partial charge in [0, 0.05) is 0 Å². The number of hydrogen-bond donors (Lipinski definition) is 9. The van der Waals surface area contributed by atoms with Crippen LogP contribution in [0.1, 0.15) is 0 Å². The Morgan fingerprint density at radius 3 is 1.48 bits per heavy atom. The van der Waals surface area contributed by atoms with Crippen LogP contribution in [0.5, 0.6) is 0 Å². The van der Waals surface area contributed by atoms with Crippen molar-refractivity contribution >= 4 is 18.5 Å². The normalized spacial score (nSPS) is 19.8. The molecule has 0 spiro atoms. The molecule has 0 aromatic carbocycles. The Balaban J connectivity index is 0. The number of carbonyl (C=O) groups is 3. The molecule has 0 bridgehead atoms. The third-order valence-electron chi connectivity index (χ3n) is 2.49. The van der Waals surface area contributed by atoms with Crippen LogP contribution in [0.25, 0.3) is 0 Å². The minimum absolute atomic E-state index is 0.0809. The lowest BCUT2D eigenvalue weighted by molar-refractivity contribution is -0.163. The van der Waals surface area contributed by atoms with Crippen LogP contribution in [0.3, 0.4) is 0 Å². The molecule has 0 aromatic rings. The minimum atomic E-state index is -2.25. The highest BCUT2D eigenvalue weighted by atomic mass is 16.4. The maximum absolute atomic E-state index is 10.1. The Hall–Kier alpha value is -1.51. The molecule has 0 aliphatic rings. The number of aliphatic hydroxyl groups is 8. The number of carbonyl (C=O) groups excluding carboxylic acids is 2. The van der Waals surface area contributed by atoms with Crippen LogP contribution in [-0.2, 0) is 14.4 Å². The highest BCUT2D eigenvalue weighted by molar-refractivity contribution is 5.73. The lowest BCUT2D eigenvalue weighted by Gasteiger charge is -2.21. The van der Waals surface area contributed by atoms with E-state index < -0.39 is 55.3 Å². The van der Waals surface area contributed by atoms with Gasteiger partial charge in [-0.15, -0.1) is 0 Å². The number of hydrogen-bond acceptors (Lipinski definition) is 11. The number of rotatable bonds is 9. The van der Waals surface area contributed by atoms with Crippen molar-refractivity contribution in [3.05, 3.63) is 0 Å². The van der Waals surface area contributed by atoms with Gasteiger partial charge in [-0.05, 0) is 0 Å². The number of aldehydes is 2. The summed E-state index contributed by atoms with van der Waals surface area (Å²) in [6.07, 6.45) is -13.0. The predicted molar refractivity (Wildman–Crippen MR) is 68.9 cm³/mol. The summed E-state index contributed by atoms with van der Waals surface area (Å²) >= 11 is 0. The standard InChI is InChI=1S/C6H10O7.C5H10O5/c7-1-2(8)3(9)4(10)5(11)6(12)13;6-1-3(8)5(10)4(9)2-7/h1-5,8-11H,(H,12,13);1,3-5,7-10H,2H2. The minimum Gasteiger partial charge on any atom is -0.479 e. The fourth-order valence-electron chi connectivity index (χ4n) is 1.03. The maximum atomic E-state index is 10.1. The van der Waals surface area contributed by atoms with Gasteiger partial charge in [-0.3, -0.25) is 0 Å². The number of aliphatic hydroxyl groups excluding tert-OH is 8. The Labute approximate surface area is 129 Å². The van der Waals surface area contributed by atoms with Gasteiger partial charge in [0.15, 0.2) is 18.7 Å². The van der Waals surface area contributed by atoms with Crippen molar-refractivity contribution < 1.29 is 60.3 Å². The van der Waals surface area contributed by atoms with E-state index >= 15 is 0 Å². The Kier molecular flexibility index (Phi) is 12.4. The van der Waals surface area contributed by atoms with E-state index in [0.717, 1.165) is 0 Å². The second-order valence-electron chi connectivity index (χ2n) is 4.26. The van der Waals surface area contributed by atoms with Gasteiger partial charge < -0.3 is 55.5 Å². The molecule has 0 radical (unpaired) electrons. The summed E-state index contributed by atoms with van der Waals surface area (Å²) in [7, 11) is 0. The SMILES string of the molecule is O=CC(O)C(O)C(O)C(O)C(=O)O.O=CC(O)C(O)C(O)CO. The first-order valence-corrected chi connectivity index (χ1v) is 6.05. The van der Waals surface area contributed by atoms with Gasteiger partial charge in [0.1, 0.15) is 36.6 Å². The molecule has 0 amide bonds. The van der Waals surface area contributed by atoms with Gasteiger partial charge in [0.25, 0.3) is 0 Å². The summed E-state index contributed by atoms with van der Waals surface area (Å²) in [6.45, 7) is -0.688. The van der Waals surface area contributed by atoms with E-state index in [-0.39, 0.29) is 12.6 Å². The van der Waals surface area contributed by atoms with E-state index in [0.29, 0.717) is 0 Å². The van der Waals surface area contributed by atoms with Gasteiger partial charge in [0.2, 0.25) is 0 Å². The van der Waals surface area contributed by atoms with Crippen LogP contribution in [0, 0.1) is 0 Å². The second-order valence-corrected chi connectivity index (χ2v) is 4.26. The molecule has 0 saturated heterocycles. The maximum Gasteiger partial charge on any atom is 0.335 e. The molecule has 12 nitrogen and oxygen atoms in total. The van der Waals surface area contributed by atoms with Crippen molar-refractivity contribution in [1.29, 1.82) is 0 Å². The Morgan fingerprint density at radius 1 is 0.783 bits per heavy atom. The van der Waals surface area contributed by atoms with Crippen molar-refractivity contribution in [2.24, 2.45) is 0 Å². The van der Waals surface area contributed by atoms with Crippen LogP contribution in [0.4, 0.5) is 0 Å². The molecular weight excluding hydrogens is 324 g/mol. The molecule has 0 aliphatic heterocycles. The first-order valence-electron chi connectivity index (χ1n) is 6.05. The van der Waals surface area contributed by atoms with Gasteiger partial charge in [-0.25, -0.2) is 4.79 Å². The Morgan fingerprint density at radius 2 is 1.17 bits per heavy atom. The van der Waals surface area contributed by atoms with Crippen molar-refractivity contribution in [2.45, 2.75) is 42.7 Å². The fourth-order valence-corrected chi connectivity index (χ4v) is 1.03. The van der Waals surface area contributed by atoms with E-state index in [1.165, 1.54) is 0 Å². The van der Waals surface area contributed by atoms with E-state index in [4.69, 9.17) is 46.0 Å². The van der Waals surface area contributed by atoms with E-state index in [1.54, 1.807) is 0 Å². The zero-order valence-corrected chi connectivity index (χ0v) is 11.7. The third-order valence-corrected chi connectivity index (χ3v) is 2.49. The van der Waals surface area contributed by atoms with Gasteiger partial charge >= 0.3 is 5.97 Å². The summed E-state index contributed by atoms with van der Waals surface area (Å²) in [4.78, 5) is 29.7. The molecule has 12 heteroatoms. The first-order chi connectivity index (χ1) is 10.5. The third kappa shape index (κ3) is 8.63. The Bertz CT molecular complexity index is 361. The van der Waals surface area contributed by atoms with Crippen molar-refractivity contribution in [2.75, 3.05) is 6.61 Å². The summed E-state index contributed by atoms with van der Waals surface area (Å²) in [5.41, 5.74) is 0. The molecule has 0 aromatic heterocycles. The van der Waals surface area contributed by atoms with Gasteiger partial charge in [-0.2, -0.15) is 0 Å². The topological polar surface area (TPSA) is 233 Å².